The highest BCUT2D eigenvalue weighted by molar-refractivity contribution is 5.66. The van der Waals surface area contributed by atoms with E-state index in [-0.39, 0.29) is 0 Å². The van der Waals surface area contributed by atoms with Gasteiger partial charge >= 0.3 is 0 Å². The Morgan fingerprint density at radius 2 is 0.852 bits per heavy atom. The summed E-state index contributed by atoms with van der Waals surface area (Å²) in [6.07, 6.45) is 22.7. The van der Waals surface area contributed by atoms with Gasteiger partial charge in [-0.1, -0.05) is 36.4 Å². The molecule has 0 amide bonds. The molecule has 6 rings (SSSR count). The molecular formula is C53H54N4O4. The van der Waals surface area contributed by atoms with Gasteiger partial charge in [-0.25, -0.2) is 0 Å². The highest BCUT2D eigenvalue weighted by atomic mass is 16.5. The Labute approximate surface area is 360 Å². The van der Waals surface area contributed by atoms with Crippen LogP contribution in [0, 0.1) is 0 Å². The van der Waals surface area contributed by atoms with Crippen LogP contribution in [0.3, 0.4) is 0 Å². The van der Waals surface area contributed by atoms with Crippen LogP contribution in [0.5, 0.6) is 34.5 Å². The standard InChI is InChI=1S/C53H54N4O4/c1-7-39(40(8-2)30-33-55-44-13-11-15-52(36-44)58-5)29-32-54-43-17-21-48(22-18-43)60-50-25-27-51(28-26-50)61-49-23-19-46(20-24-49)57-38-47(57)35-42(10-4)41(9-3)31-34-56-45-14-12-16-53(37-45)59-6/h7-37,54-56H,38H2,1-6H3/b32-29-,33-30-,34-31-,39-7+,40-8+,41-9+,42-10+,47-35?. The summed E-state index contributed by atoms with van der Waals surface area (Å²) in [4.78, 5) is 2.29. The van der Waals surface area contributed by atoms with Gasteiger partial charge in [0.05, 0.1) is 20.8 Å². The second-order valence-corrected chi connectivity index (χ2v) is 13.8. The summed E-state index contributed by atoms with van der Waals surface area (Å²) in [5.74, 6) is 4.58. The molecule has 0 aliphatic carbocycles. The Morgan fingerprint density at radius 3 is 1.28 bits per heavy atom. The molecule has 5 aromatic carbocycles. The maximum atomic E-state index is 6.16. The minimum atomic E-state index is 0.722. The summed E-state index contributed by atoms with van der Waals surface area (Å²) in [5.41, 5.74) is 9.73. The van der Waals surface area contributed by atoms with Crippen LogP contribution in [0.2, 0.25) is 0 Å². The molecule has 1 aliphatic heterocycles. The van der Waals surface area contributed by atoms with Gasteiger partial charge in [0.2, 0.25) is 0 Å². The van der Waals surface area contributed by atoms with Gasteiger partial charge < -0.3 is 39.8 Å². The molecule has 1 saturated heterocycles. The minimum Gasteiger partial charge on any atom is -0.497 e. The summed E-state index contributed by atoms with van der Waals surface area (Å²) >= 11 is 0. The van der Waals surface area contributed by atoms with Crippen molar-refractivity contribution in [3.05, 3.63) is 217 Å². The van der Waals surface area contributed by atoms with E-state index in [1.807, 2.05) is 148 Å². The van der Waals surface area contributed by atoms with E-state index in [2.05, 4.69) is 89.4 Å². The fourth-order valence-electron chi connectivity index (χ4n) is 6.37. The fraction of sp³-hybridized carbons (Fsp3) is 0.132. The van der Waals surface area contributed by atoms with Crippen LogP contribution in [0.15, 0.2) is 217 Å². The predicted octanol–water partition coefficient (Wildman–Crippen LogP) is 14.0. The van der Waals surface area contributed by atoms with Gasteiger partial charge in [0, 0.05) is 59.2 Å². The van der Waals surface area contributed by atoms with Gasteiger partial charge in [-0.15, -0.1) is 0 Å². The van der Waals surface area contributed by atoms with Crippen LogP contribution in [0.25, 0.3) is 0 Å². The lowest BCUT2D eigenvalue weighted by atomic mass is 10.1. The van der Waals surface area contributed by atoms with Crippen LogP contribution >= 0.6 is 0 Å². The van der Waals surface area contributed by atoms with Gasteiger partial charge in [0.15, 0.2) is 0 Å². The zero-order valence-corrected chi connectivity index (χ0v) is 35.7. The third kappa shape index (κ3) is 12.7. The Balaban J connectivity index is 0.951. The molecular weight excluding hydrogens is 757 g/mol. The lowest BCUT2D eigenvalue weighted by Crippen LogP contribution is -1.92. The lowest BCUT2D eigenvalue weighted by Gasteiger charge is -2.10. The summed E-state index contributed by atoms with van der Waals surface area (Å²) in [6.45, 7) is 9.07. The molecule has 0 atom stereocenters. The second-order valence-electron chi connectivity index (χ2n) is 13.8. The molecule has 3 N–H and O–H groups in total. The van der Waals surface area contributed by atoms with Crippen molar-refractivity contribution in [2.45, 2.75) is 27.7 Å². The van der Waals surface area contributed by atoms with E-state index in [0.717, 1.165) is 86.1 Å². The number of nitrogens with zero attached hydrogens (tertiary/aromatic N) is 1. The average Bonchev–Trinajstić information content (AvgIpc) is 4.08. The number of allylic oxidation sites excluding steroid dienone is 12. The van der Waals surface area contributed by atoms with Crippen molar-refractivity contribution in [2.75, 3.05) is 41.6 Å². The first kappa shape index (κ1) is 43.0. The number of ether oxygens (including phenoxy) is 4. The number of anilines is 4. The zero-order chi connectivity index (χ0) is 42.8. The predicted molar refractivity (Wildman–Crippen MR) is 254 cm³/mol. The Bertz CT molecular complexity index is 2470. The van der Waals surface area contributed by atoms with Gasteiger partial charge in [0.1, 0.15) is 34.5 Å². The zero-order valence-electron chi connectivity index (χ0n) is 35.7. The molecule has 0 spiro atoms. The van der Waals surface area contributed by atoms with Crippen LogP contribution in [-0.2, 0) is 0 Å². The number of hydrogen-bond donors (Lipinski definition) is 3. The van der Waals surface area contributed by atoms with Crippen molar-refractivity contribution >= 4 is 22.7 Å². The molecule has 310 valence electrons. The fourth-order valence-corrected chi connectivity index (χ4v) is 6.37. The first-order chi connectivity index (χ1) is 29.9. The van der Waals surface area contributed by atoms with Crippen molar-refractivity contribution in [2.24, 2.45) is 0 Å². The molecule has 1 heterocycles. The first-order valence-corrected chi connectivity index (χ1v) is 20.3. The summed E-state index contributed by atoms with van der Waals surface area (Å²) in [7, 11) is 3.34. The van der Waals surface area contributed by atoms with E-state index < -0.39 is 0 Å². The molecule has 61 heavy (non-hydrogen) atoms. The SMILES string of the molecule is C/C=C(C=C1CN1c1ccc(Oc2ccc(Oc3ccc(N\C=C/C(=C\C)C(/C=C\Nc4cccc(OC)c4)=C/C)cc3)cc2)cc1)/C(/C=C\Nc1cccc(OC)c1)=C/C. The van der Waals surface area contributed by atoms with Crippen molar-refractivity contribution in [3.63, 3.8) is 0 Å². The van der Waals surface area contributed by atoms with Gasteiger partial charge in [0.25, 0.3) is 0 Å². The van der Waals surface area contributed by atoms with Crippen LogP contribution in [0.4, 0.5) is 22.7 Å². The molecule has 8 heteroatoms. The molecule has 0 aromatic heterocycles. The molecule has 0 saturated carbocycles. The number of methoxy groups -OCH3 is 2. The van der Waals surface area contributed by atoms with E-state index in [1.54, 1.807) is 14.2 Å². The molecule has 8 nitrogen and oxygen atoms in total. The number of rotatable bonds is 19. The first-order valence-electron chi connectivity index (χ1n) is 20.3. The summed E-state index contributed by atoms with van der Waals surface area (Å²) in [5, 5.41) is 10.0. The quantitative estimate of drug-likeness (QED) is 0.0562. The smallest absolute Gasteiger partial charge is 0.127 e. The Hall–Kier alpha value is -7.58. The van der Waals surface area contributed by atoms with Gasteiger partial charge in [-0.2, -0.15) is 0 Å². The van der Waals surface area contributed by atoms with Crippen molar-refractivity contribution in [1.82, 2.24) is 0 Å². The van der Waals surface area contributed by atoms with Crippen LogP contribution in [-0.4, -0.2) is 20.8 Å². The maximum absolute atomic E-state index is 6.16. The Morgan fingerprint density at radius 1 is 0.459 bits per heavy atom. The van der Waals surface area contributed by atoms with E-state index in [9.17, 15) is 0 Å². The van der Waals surface area contributed by atoms with Crippen LogP contribution < -0.4 is 39.8 Å². The van der Waals surface area contributed by atoms with Crippen molar-refractivity contribution < 1.29 is 18.9 Å². The Kier molecular flexibility index (Phi) is 15.5. The van der Waals surface area contributed by atoms with Crippen molar-refractivity contribution in [1.29, 1.82) is 0 Å². The highest BCUT2D eigenvalue weighted by Crippen LogP contribution is 2.35. The third-order valence-electron chi connectivity index (χ3n) is 9.77. The molecule has 0 bridgehead atoms. The molecule has 0 unspecified atom stereocenters. The van der Waals surface area contributed by atoms with Gasteiger partial charge in [-0.05, 0) is 171 Å². The molecule has 1 aliphatic rings. The van der Waals surface area contributed by atoms with Crippen molar-refractivity contribution in [3.8, 4) is 34.5 Å². The van der Waals surface area contributed by atoms with E-state index in [0.29, 0.717) is 0 Å². The topological polar surface area (TPSA) is 76.0 Å². The lowest BCUT2D eigenvalue weighted by molar-refractivity contribution is 0.415. The highest BCUT2D eigenvalue weighted by Gasteiger charge is 2.27. The van der Waals surface area contributed by atoms with Crippen LogP contribution in [0.1, 0.15) is 27.7 Å². The van der Waals surface area contributed by atoms with E-state index >= 15 is 0 Å². The number of nitrogens with one attached hydrogen (secondary N) is 3. The summed E-state index contributed by atoms with van der Waals surface area (Å²) < 4.78 is 22.9. The maximum Gasteiger partial charge on any atom is 0.127 e. The van der Waals surface area contributed by atoms with E-state index in [1.165, 1.54) is 5.70 Å². The molecule has 0 radical (unpaired) electrons. The molecule has 5 aromatic rings. The van der Waals surface area contributed by atoms with Gasteiger partial charge in [-0.3, -0.25) is 0 Å². The second kappa shape index (κ2) is 22.0. The monoisotopic (exact) mass is 810 g/mol. The third-order valence-corrected chi connectivity index (χ3v) is 9.77. The van der Waals surface area contributed by atoms with E-state index in [4.69, 9.17) is 18.9 Å². The minimum absolute atomic E-state index is 0.722. The number of hydrogen-bond acceptors (Lipinski definition) is 8. The average molecular weight is 811 g/mol. The molecule has 1 fully saturated rings. The largest absolute Gasteiger partial charge is 0.497 e. The number of benzene rings is 5. The summed E-state index contributed by atoms with van der Waals surface area (Å²) in [6, 6.07) is 39.4. The normalized spacial score (nSPS) is 14.2.